The number of nitrogens with zero attached hydrogens (tertiary/aromatic N) is 1. The first kappa shape index (κ1) is 23.7. The molecule has 31 heavy (non-hydrogen) atoms. The number of aryl methyl sites for hydroxylation is 2. The summed E-state index contributed by atoms with van der Waals surface area (Å²) in [6.07, 6.45) is 3.00. The molecule has 2 aliphatic rings. The highest BCUT2D eigenvalue weighted by atomic mass is 32.2. The maximum Gasteiger partial charge on any atom is 0.325 e. The Balaban J connectivity index is 1.70. The Morgan fingerprint density at radius 1 is 1.16 bits per heavy atom. The molecule has 172 valence electrons. The predicted molar refractivity (Wildman–Crippen MR) is 115 cm³/mol. The summed E-state index contributed by atoms with van der Waals surface area (Å²) in [5.74, 6) is -1.21. The van der Waals surface area contributed by atoms with Crippen LogP contribution in [0.5, 0.6) is 0 Å². The van der Waals surface area contributed by atoms with Gasteiger partial charge < -0.3 is 15.2 Å². The van der Waals surface area contributed by atoms with Crippen molar-refractivity contribution in [3.05, 3.63) is 29.3 Å². The van der Waals surface area contributed by atoms with Crippen LogP contribution in [0, 0.1) is 13.8 Å². The molecule has 1 saturated heterocycles. The summed E-state index contributed by atoms with van der Waals surface area (Å²) in [7, 11) is -4.01. The largest absolute Gasteiger partial charge is 0.451 e. The zero-order valence-electron chi connectivity index (χ0n) is 18.3. The lowest BCUT2D eigenvalue weighted by Crippen LogP contribution is -2.46. The van der Waals surface area contributed by atoms with Gasteiger partial charge in [0, 0.05) is 19.0 Å². The van der Waals surface area contributed by atoms with Gasteiger partial charge in [-0.3, -0.25) is 9.59 Å². The molecule has 2 unspecified atom stereocenters. The molecule has 9 heteroatoms. The van der Waals surface area contributed by atoms with Crippen LogP contribution in [-0.4, -0.2) is 60.5 Å². The van der Waals surface area contributed by atoms with E-state index < -0.39 is 34.2 Å². The third-order valence-corrected chi connectivity index (χ3v) is 8.08. The number of rotatable bonds is 6. The molecule has 1 amide bonds. The fraction of sp³-hybridized carbons (Fsp3) is 0.636. The lowest BCUT2D eigenvalue weighted by atomic mass is 9.95. The molecule has 3 atom stereocenters. The van der Waals surface area contributed by atoms with E-state index in [4.69, 9.17) is 4.74 Å². The average molecular weight is 453 g/mol. The molecule has 0 bridgehead atoms. The lowest BCUT2D eigenvalue weighted by Gasteiger charge is -2.26. The van der Waals surface area contributed by atoms with Crippen LogP contribution in [0.2, 0.25) is 0 Å². The first-order valence-electron chi connectivity index (χ1n) is 10.9. The highest BCUT2D eigenvalue weighted by Crippen LogP contribution is 2.28. The summed E-state index contributed by atoms with van der Waals surface area (Å²) in [5, 5.41) is 13.0. The highest BCUT2D eigenvalue weighted by Gasteiger charge is 2.45. The number of esters is 1. The van der Waals surface area contributed by atoms with Gasteiger partial charge in [-0.05, 0) is 56.9 Å². The van der Waals surface area contributed by atoms with Crippen molar-refractivity contribution in [2.24, 2.45) is 0 Å². The number of nitrogens with one attached hydrogen (secondary N) is 1. The molecule has 0 spiro atoms. The minimum atomic E-state index is -4.01. The number of amides is 1. The molecule has 2 N–H and O–H groups in total. The van der Waals surface area contributed by atoms with Crippen LogP contribution >= 0.6 is 0 Å². The van der Waals surface area contributed by atoms with Crippen molar-refractivity contribution in [3.63, 3.8) is 0 Å². The third kappa shape index (κ3) is 5.45. The van der Waals surface area contributed by atoms with Crippen LogP contribution in [0.25, 0.3) is 0 Å². The zero-order chi connectivity index (χ0) is 22.8. The number of carbonyl (C=O) groups excluding carboxylic acids is 2. The van der Waals surface area contributed by atoms with Crippen LogP contribution < -0.4 is 5.32 Å². The number of hydrogen-bond acceptors (Lipinski definition) is 6. The number of ether oxygens (including phenoxy) is 1. The summed E-state index contributed by atoms with van der Waals surface area (Å²) < 4.78 is 32.6. The summed E-state index contributed by atoms with van der Waals surface area (Å²) in [6, 6.07) is 3.66. The van der Waals surface area contributed by atoms with Gasteiger partial charge in [-0.2, -0.15) is 4.31 Å². The van der Waals surface area contributed by atoms with Crippen molar-refractivity contribution >= 4 is 21.9 Å². The zero-order valence-corrected chi connectivity index (χ0v) is 19.2. The van der Waals surface area contributed by atoms with Crippen molar-refractivity contribution in [2.45, 2.75) is 88.5 Å². The number of β-amino-alcohol motifs (C(OH)–C–C–N with tert-alkyl or cyclic N) is 1. The van der Waals surface area contributed by atoms with Crippen LogP contribution in [0.15, 0.2) is 23.1 Å². The third-order valence-electron chi connectivity index (χ3n) is 6.20. The summed E-state index contributed by atoms with van der Waals surface area (Å²) in [5.41, 5.74) is 1.77. The molecule has 0 aromatic heterocycles. The van der Waals surface area contributed by atoms with E-state index in [0.717, 1.165) is 47.5 Å². The normalized spacial score (nSPS) is 24.0. The Morgan fingerprint density at radius 2 is 1.84 bits per heavy atom. The maximum absolute atomic E-state index is 13.2. The van der Waals surface area contributed by atoms with Gasteiger partial charge in [0.15, 0.2) is 6.10 Å². The van der Waals surface area contributed by atoms with Crippen LogP contribution in [0.4, 0.5) is 0 Å². The average Bonchev–Trinajstić information content (AvgIpc) is 3.13. The SMILES string of the molecule is Cc1ccc(S(=O)(=O)N2CC(O)C[C@H]2C(=O)OC(C)C(=O)NC2CCCCC2)cc1C. The van der Waals surface area contributed by atoms with E-state index in [9.17, 15) is 23.1 Å². The van der Waals surface area contributed by atoms with Crippen LogP contribution in [-0.2, 0) is 24.3 Å². The summed E-state index contributed by atoms with van der Waals surface area (Å²) >= 11 is 0. The van der Waals surface area contributed by atoms with E-state index in [1.807, 2.05) is 13.8 Å². The smallest absolute Gasteiger partial charge is 0.325 e. The number of aliphatic hydroxyl groups excluding tert-OH is 1. The quantitative estimate of drug-likeness (QED) is 0.637. The Bertz CT molecular complexity index is 926. The molecule has 0 radical (unpaired) electrons. The molecule has 1 aliphatic carbocycles. The minimum Gasteiger partial charge on any atom is -0.451 e. The predicted octanol–water partition coefficient (Wildman–Crippen LogP) is 1.81. The molecule has 1 aromatic rings. The number of sulfonamides is 1. The van der Waals surface area contributed by atoms with E-state index in [0.29, 0.717) is 0 Å². The van der Waals surface area contributed by atoms with E-state index in [1.165, 1.54) is 13.0 Å². The Labute approximate surface area is 184 Å². The molecule has 1 aliphatic heterocycles. The summed E-state index contributed by atoms with van der Waals surface area (Å²) in [6.45, 7) is 4.97. The molecular formula is C22H32N2O6S. The monoisotopic (exact) mass is 452 g/mol. The number of benzene rings is 1. The van der Waals surface area contributed by atoms with Gasteiger partial charge in [-0.25, -0.2) is 8.42 Å². The molecule has 1 aromatic carbocycles. The number of carbonyl (C=O) groups is 2. The van der Waals surface area contributed by atoms with Gasteiger partial charge in [-0.1, -0.05) is 25.3 Å². The number of hydrogen-bond donors (Lipinski definition) is 2. The van der Waals surface area contributed by atoms with E-state index in [1.54, 1.807) is 12.1 Å². The number of aliphatic hydroxyl groups is 1. The molecular weight excluding hydrogens is 420 g/mol. The first-order chi connectivity index (χ1) is 14.6. The molecule has 3 rings (SSSR count). The Kier molecular flexibility index (Phi) is 7.39. The van der Waals surface area contributed by atoms with Crippen molar-refractivity contribution in [2.75, 3.05) is 6.54 Å². The lowest BCUT2D eigenvalue weighted by molar-refractivity contribution is -0.158. The second-order valence-corrected chi connectivity index (χ2v) is 10.5. The second kappa shape index (κ2) is 9.67. The fourth-order valence-electron chi connectivity index (χ4n) is 4.15. The second-order valence-electron chi connectivity index (χ2n) is 8.65. The van der Waals surface area contributed by atoms with Gasteiger partial charge in [0.05, 0.1) is 11.0 Å². The van der Waals surface area contributed by atoms with E-state index >= 15 is 0 Å². The maximum atomic E-state index is 13.2. The Hall–Kier alpha value is -1.97. The van der Waals surface area contributed by atoms with Crippen LogP contribution in [0.1, 0.15) is 56.6 Å². The van der Waals surface area contributed by atoms with Gasteiger partial charge in [-0.15, -0.1) is 0 Å². The topological polar surface area (TPSA) is 113 Å². The molecule has 8 nitrogen and oxygen atoms in total. The minimum absolute atomic E-state index is 0.0607. The van der Waals surface area contributed by atoms with E-state index in [2.05, 4.69) is 5.32 Å². The first-order valence-corrected chi connectivity index (χ1v) is 12.3. The van der Waals surface area contributed by atoms with E-state index in [-0.39, 0.29) is 29.8 Å². The van der Waals surface area contributed by atoms with Crippen molar-refractivity contribution in [3.8, 4) is 0 Å². The standard InChI is InChI=1S/C22H32N2O6S/c1-14-9-10-19(11-15(14)2)31(28,29)24-13-18(25)12-20(24)22(27)30-16(3)21(26)23-17-7-5-4-6-8-17/h9-11,16-18,20,25H,4-8,12-13H2,1-3H3,(H,23,26)/t16?,18?,20-/m0/s1. The van der Waals surface area contributed by atoms with Gasteiger partial charge >= 0.3 is 5.97 Å². The van der Waals surface area contributed by atoms with Gasteiger partial charge in [0.2, 0.25) is 10.0 Å². The van der Waals surface area contributed by atoms with Crippen molar-refractivity contribution in [1.82, 2.24) is 9.62 Å². The molecule has 2 fully saturated rings. The van der Waals surface area contributed by atoms with Crippen molar-refractivity contribution < 1.29 is 27.9 Å². The molecule has 1 heterocycles. The van der Waals surface area contributed by atoms with Crippen molar-refractivity contribution in [1.29, 1.82) is 0 Å². The highest BCUT2D eigenvalue weighted by molar-refractivity contribution is 7.89. The van der Waals surface area contributed by atoms with Crippen LogP contribution in [0.3, 0.4) is 0 Å². The fourth-order valence-corrected chi connectivity index (χ4v) is 5.86. The van der Waals surface area contributed by atoms with Gasteiger partial charge in [0.25, 0.3) is 5.91 Å². The summed E-state index contributed by atoms with van der Waals surface area (Å²) in [4.78, 5) is 25.3. The molecule has 1 saturated carbocycles. The van der Waals surface area contributed by atoms with Gasteiger partial charge in [0.1, 0.15) is 6.04 Å². The Morgan fingerprint density at radius 3 is 2.48 bits per heavy atom.